The minimum atomic E-state index is -0.470. The summed E-state index contributed by atoms with van der Waals surface area (Å²) in [6, 6.07) is 0. The average Bonchev–Trinajstić information content (AvgIpc) is 1.85. The van der Waals surface area contributed by atoms with Gasteiger partial charge in [-0.05, 0) is 0 Å². The molecular weight excluding hydrogens is 126 g/mol. The molecule has 0 aromatic rings. The van der Waals surface area contributed by atoms with Crippen LogP contribution >= 0.6 is 12.6 Å². The van der Waals surface area contributed by atoms with Gasteiger partial charge in [0, 0.05) is 6.42 Å². The lowest BCUT2D eigenvalue weighted by atomic mass is 10.4. The lowest BCUT2D eigenvalue weighted by Gasteiger charge is -1.85. The van der Waals surface area contributed by atoms with Crippen LogP contribution in [0.1, 0.15) is 6.42 Å². The van der Waals surface area contributed by atoms with Gasteiger partial charge in [-0.15, -0.1) is 0 Å². The summed E-state index contributed by atoms with van der Waals surface area (Å²) < 4.78 is 0. The summed E-state index contributed by atoms with van der Waals surface area (Å²) >= 11 is 3.78. The molecule has 1 saturated heterocycles. The fraction of sp³-hybridized carbons (Fsp3) is 0.500. The summed E-state index contributed by atoms with van der Waals surface area (Å²) in [6.45, 7) is 0. The third-order valence-electron chi connectivity index (χ3n) is 0.888. The van der Waals surface area contributed by atoms with Gasteiger partial charge in [-0.25, -0.2) is 0 Å². The molecule has 1 radical (unpaired) electrons. The number of carbonyl (C=O) groups is 2. The molecule has 0 bridgehead atoms. The molecule has 0 aromatic heterocycles. The molecule has 3 nitrogen and oxygen atoms in total. The van der Waals surface area contributed by atoms with Gasteiger partial charge in [0.1, 0.15) is 0 Å². The van der Waals surface area contributed by atoms with Crippen molar-refractivity contribution in [1.29, 1.82) is 0 Å². The van der Waals surface area contributed by atoms with Gasteiger partial charge in [0.15, 0.2) is 0 Å². The first-order chi connectivity index (χ1) is 3.70. The number of nitrogens with zero attached hydrogens (tertiary/aromatic N) is 1. The Labute approximate surface area is 51.9 Å². The summed E-state index contributed by atoms with van der Waals surface area (Å²) in [5.74, 6) is -0.756. The molecule has 1 aliphatic rings. The van der Waals surface area contributed by atoms with Gasteiger partial charge in [-0.2, -0.15) is 17.9 Å². The van der Waals surface area contributed by atoms with Crippen LogP contribution in [-0.4, -0.2) is 17.1 Å². The van der Waals surface area contributed by atoms with E-state index in [-0.39, 0.29) is 12.3 Å². The van der Waals surface area contributed by atoms with E-state index in [1.165, 1.54) is 0 Å². The number of imide groups is 1. The Kier molecular flexibility index (Phi) is 1.25. The van der Waals surface area contributed by atoms with Crippen molar-refractivity contribution in [2.24, 2.45) is 0 Å². The number of hydrogen-bond donors (Lipinski definition) is 1. The summed E-state index contributed by atoms with van der Waals surface area (Å²) in [6.07, 6.45) is 0.169. The molecule has 1 atom stereocenters. The Bertz CT molecular complexity index is 145. The molecule has 1 aliphatic heterocycles. The fourth-order valence-corrected chi connectivity index (χ4v) is 0.710. The zero-order valence-corrected chi connectivity index (χ0v) is 4.89. The molecule has 0 aliphatic carbocycles. The third kappa shape index (κ3) is 0.838. The molecule has 1 fully saturated rings. The molecule has 4 heteroatoms. The van der Waals surface area contributed by atoms with E-state index in [2.05, 4.69) is 17.9 Å². The molecule has 0 aromatic carbocycles. The van der Waals surface area contributed by atoms with E-state index in [1.807, 2.05) is 0 Å². The summed E-state index contributed by atoms with van der Waals surface area (Å²) in [5.41, 5.74) is 0. The average molecular weight is 130 g/mol. The van der Waals surface area contributed by atoms with Crippen molar-refractivity contribution >= 4 is 24.4 Å². The largest absolute Gasteiger partial charge is 0.272 e. The van der Waals surface area contributed by atoms with E-state index in [0.29, 0.717) is 0 Å². The zero-order chi connectivity index (χ0) is 6.15. The lowest BCUT2D eigenvalue weighted by molar-refractivity contribution is -0.125. The van der Waals surface area contributed by atoms with Crippen molar-refractivity contribution in [1.82, 2.24) is 5.32 Å². The fourth-order valence-electron chi connectivity index (χ4n) is 0.496. The first kappa shape index (κ1) is 5.62. The normalized spacial score (nSPS) is 28.4. The van der Waals surface area contributed by atoms with Gasteiger partial charge in [0.05, 0.1) is 5.25 Å². The molecule has 1 rings (SSSR count). The van der Waals surface area contributed by atoms with E-state index >= 15 is 0 Å². The van der Waals surface area contributed by atoms with Crippen LogP contribution in [0.15, 0.2) is 0 Å². The molecule has 0 saturated carbocycles. The van der Waals surface area contributed by atoms with Gasteiger partial charge in [0.2, 0.25) is 5.91 Å². The minimum absolute atomic E-state index is 0.169. The van der Waals surface area contributed by atoms with E-state index < -0.39 is 11.2 Å². The smallest absolute Gasteiger partial charge is 0.262 e. The maximum Gasteiger partial charge on any atom is 0.262 e. The second-order valence-corrected chi connectivity index (χ2v) is 2.19. The highest BCUT2D eigenvalue weighted by molar-refractivity contribution is 7.81. The molecule has 0 N–H and O–H groups in total. The highest BCUT2D eigenvalue weighted by Gasteiger charge is 2.28. The van der Waals surface area contributed by atoms with E-state index in [9.17, 15) is 9.59 Å². The summed E-state index contributed by atoms with van der Waals surface area (Å²) in [4.78, 5) is 20.5. The van der Waals surface area contributed by atoms with Crippen LogP contribution in [0.5, 0.6) is 0 Å². The number of hydrogen-bond acceptors (Lipinski definition) is 3. The standard InChI is InChI=1S/C4H4NO2S/c6-3-1-2(8)4(7)5-3/h2,8H,1H2. The first-order valence-electron chi connectivity index (χ1n) is 2.16. The highest BCUT2D eigenvalue weighted by atomic mass is 32.1. The van der Waals surface area contributed by atoms with Gasteiger partial charge < -0.3 is 0 Å². The Hall–Kier alpha value is -0.510. The number of thiol groups is 1. The Morgan fingerprint density at radius 1 is 1.62 bits per heavy atom. The zero-order valence-electron chi connectivity index (χ0n) is 4.00. The molecule has 43 valence electrons. The Morgan fingerprint density at radius 2 is 2.25 bits per heavy atom. The molecule has 2 amide bonds. The van der Waals surface area contributed by atoms with Crippen LogP contribution in [0.25, 0.3) is 0 Å². The van der Waals surface area contributed by atoms with Crippen LogP contribution in [0.4, 0.5) is 0 Å². The number of amides is 2. The van der Waals surface area contributed by atoms with E-state index in [1.54, 1.807) is 0 Å². The van der Waals surface area contributed by atoms with Crippen molar-refractivity contribution in [3.05, 3.63) is 0 Å². The highest BCUT2D eigenvalue weighted by Crippen LogP contribution is 2.08. The topological polar surface area (TPSA) is 48.2 Å². The van der Waals surface area contributed by atoms with Crippen LogP contribution < -0.4 is 5.32 Å². The van der Waals surface area contributed by atoms with Gasteiger partial charge >= 0.3 is 0 Å². The van der Waals surface area contributed by atoms with Gasteiger partial charge in [0.25, 0.3) is 5.91 Å². The molecule has 8 heavy (non-hydrogen) atoms. The van der Waals surface area contributed by atoms with E-state index in [4.69, 9.17) is 0 Å². The maximum atomic E-state index is 10.3. The quantitative estimate of drug-likeness (QED) is 0.350. The predicted octanol–water partition coefficient (Wildman–Crippen LogP) is -0.654. The minimum Gasteiger partial charge on any atom is -0.272 e. The van der Waals surface area contributed by atoms with Crippen LogP contribution in [0.3, 0.4) is 0 Å². The third-order valence-corrected chi connectivity index (χ3v) is 1.29. The summed E-state index contributed by atoms with van der Waals surface area (Å²) in [7, 11) is 0. The Morgan fingerprint density at radius 3 is 2.38 bits per heavy atom. The van der Waals surface area contributed by atoms with Crippen LogP contribution in [0.2, 0.25) is 0 Å². The summed E-state index contributed by atoms with van der Waals surface area (Å²) in [5, 5.41) is 2.65. The van der Waals surface area contributed by atoms with Crippen LogP contribution in [-0.2, 0) is 9.59 Å². The van der Waals surface area contributed by atoms with Crippen molar-refractivity contribution < 1.29 is 9.59 Å². The molecule has 0 spiro atoms. The van der Waals surface area contributed by atoms with Crippen molar-refractivity contribution in [3.8, 4) is 0 Å². The first-order valence-corrected chi connectivity index (χ1v) is 2.68. The molecule has 1 unspecified atom stereocenters. The van der Waals surface area contributed by atoms with E-state index in [0.717, 1.165) is 0 Å². The van der Waals surface area contributed by atoms with Crippen molar-refractivity contribution in [2.45, 2.75) is 11.7 Å². The SMILES string of the molecule is O=C1CC(S)C(=O)[N]1. The molecule has 1 heterocycles. The second kappa shape index (κ2) is 1.78. The number of rotatable bonds is 0. The van der Waals surface area contributed by atoms with Gasteiger partial charge in [-0.3, -0.25) is 9.59 Å². The van der Waals surface area contributed by atoms with Gasteiger partial charge in [-0.1, -0.05) is 0 Å². The Balaban J connectivity index is 2.64. The molecular formula is C4H4NO2S. The predicted molar refractivity (Wildman–Crippen MR) is 29.5 cm³/mol. The maximum absolute atomic E-state index is 10.3. The van der Waals surface area contributed by atoms with Crippen molar-refractivity contribution in [2.75, 3.05) is 0 Å². The lowest BCUT2D eigenvalue weighted by Crippen LogP contribution is -2.14. The second-order valence-electron chi connectivity index (χ2n) is 1.56. The number of carbonyl (C=O) groups excluding carboxylic acids is 2. The van der Waals surface area contributed by atoms with Crippen LogP contribution in [0, 0.1) is 0 Å². The monoisotopic (exact) mass is 130 g/mol. The van der Waals surface area contributed by atoms with Crippen molar-refractivity contribution in [3.63, 3.8) is 0 Å².